The van der Waals surface area contributed by atoms with E-state index in [1.165, 1.54) is 11.3 Å². The number of methoxy groups -OCH3 is 1. The smallest absolute Gasteiger partial charge is 0.338 e. The van der Waals surface area contributed by atoms with Gasteiger partial charge >= 0.3 is 5.97 Å². The number of aryl methyl sites for hydroxylation is 1. The molecular formula is C35H32N4O4S. The van der Waals surface area contributed by atoms with Gasteiger partial charge in [-0.3, -0.25) is 9.36 Å². The Morgan fingerprint density at radius 2 is 1.68 bits per heavy atom. The van der Waals surface area contributed by atoms with Crippen LogP contribution >= 0.6 is 11.3 Å². The van der Waals surface area contributed by atoms with Crippen molar-refractivity contribution in [3.05, 3.63) is 133 Å². The predicted octanol–water partition coefficient (Wildman–Crippen LogP) is 5.36. The van der Waals surface area contributed by atoms with Crippen molar-refractivity contribution in [2.75, 3.05) is 7.11 Å². The summed E-state index contributed by atoms with van der Waals surface area (Å²) in [7, 11) is 1.60. The minimum atomic E-state index is -0.714. The maximum absolute atomic E-state index is 14.2. The lowest BCUT2D eigenvalue weighted by Gasteiger charge is -2.25. The van der Waals surface area contributed by atoms with Gasteiger partial charge in [-0.25, -0.2) is 14.5 Å². The Hall–Kier alpha value is -5.02. The van der Waals surface area contributed by atoms with Crippen molar-refractivity contribution in [2.45, 2.75) is 39.8 Å². The van der Waals surface area contributed by atoms with Crippen LogP contribution in [0, 0.1) is 6.92 Å². The van der Waals surface area contributed by atoms with Crippen LogP contribution in [0.2, 0.25) is 0 Å². The zero-order valence-corrected chi connectivity index (χ0v) is 26.0. The Morgan fingerprint density at radius 1 is 0.977 bits per heavy atom. The summed E-state index contributed by atoms with van der Waals surface area (Å²) in [5.41, 5.74) is 5.89. The lowest BCUT2D eigenvalue weighted by molar-refractivity contribution is -0.143. The summed E-state index contributed by atoms with van der Waals surface area (Å²) in [6.45, 7) is 7.42. The normalized spacial score (nSPS) is 14.9. The molecule has 3 heterocycles. The van der Waals surface area contributed by atoms with Crippen LogP contribution in [0.3, 0.4) is 0 Å². The van der Waals surface area contributed by atoms with Gasteiger partial charge < -0.3 is 9.47 Å². The van der Waals surface area contributed by atoms with Crippen LogP contribution in [0.1, 0.15) is 43.5 Å². The maximum Gasteiger partial charge on any atom is 0.338 e. The Labute approximate surface area is 258 Å². The minimum Gasteiger partial charge on any atom is -0.497 e. The van der Waals surface area contributed by atoms with E-state index < -0.39 is 12.0 Å². The van der Waals surface area contributed by atoms with E-state index in [4.69, 9.17) is 19.6 Å². The van der Waals surface area contributed by atoms with E-state index in [1.54, 1.807) is 32.4 Å². The number of benzene rings is 3. The van der Waals surface area contributed by atoms with Gasteiger partial charge in [0.1, 0.15) is 5.75 Å². The van der Waals surface area contributed by atoms with Crippen molar-refractivity contribution in [1.29, 1.82) is 0 Å². The number of aromatic nitrogens is 3. The van der Waals surface area contributed by atoms with E-state index in [0.29, 0.717) is 26.4 Å². The first-order valence-corrected chi connectivity index (χ1v) is 15.1. The van der Waals surface area contributed by atoms with Crippen LogP contribution in [0.5, 0.6) is 5.75 Å². The lowest BCUT2D eigenvalue weighted by Crippen LogP contribution is -2.40. The van der Waals surface area contributed by atoms with Gasteiger partial charge in [0.15, 0.2) is 4.80 Å². The molecule has 0 amide bonds. The topological polar surface area (TPSA) is 87.7 Å². The average molecular weight is 605 g/mol. The first-order valence-electron chi connectivity index (χ1n) is 14.3. The van der Waals surface area contributed by atoms with Gasteiger partial charge in [-0.1, -0.05) is 71.5 Å². The van der Waals surface area contributed by atoms with Crippen LogP contribution < -0.4 is 19.6 Å². The Bertz CT molecular complexity index is 2050. The molecule has 3 aromatic carbocycles. The highest BCUT2D eigenvalue weighted by Crippen LogP contribution is 2.32. The summed E-state index contributed by atoms with van der Waals surface area (Å²) >= 11 is 1.29. The number of allylic oxidation sites excluding steroid dienone is 1. The third-order valence-corrected chi connectivity index (χ3v) is 8.37. The van der Waals surface area contributed by atoms with Gasteiger partial charge in [0.2, 0.25) is 0 Å². The maximum atomic E-state index is 14.2. The van der Waals surface area contributed by atoms with Crippen molar-refractivity contribution in [2.24, 2.45) is 4.99 Å². The number of esters is 1. The van der Waals surface area contributed by atoms with E-state index in [1.807, 2.05) is 103 Å². The Balaban J connectivity index is 1.55. The quantitative estimate of drug-likeness (QED) is 0.234. The third kappa shape index (κ3) is 5.54. The van der Waals surface area contributed by atoms with Crippen LogP contribution in [0.15, 0.2) is 106 Å². The predicted molar refractivity (Wildman–Crippen MR) is 172 cm³/mol. The lowest BCUT2D eigenvalue weighted by atomic mass is 9.96. The van der Waals surface area contributed by atoms with Gasteiger partial charge in [-0.15, -0.1) is 0 Å². The fourth-order valence-electron chi connectivity index (χ4n) is 5.24. The molecule has 0 saturated heterocycles. The van der Waals surface area contributed by atoms with Gasteiger partial charge in [0.25, 0.3) is 5.56 Å². The molecule has 1 aliphatic heterocycles. The first-order chi connectivity index (χ1) is 21.2. The zero-order chi connectivity index (χ0) is 31.0. The van der Waals surface area contributed by atoms with E-state index >= 15 is 0 Å². The second-order valence-electron chi connectivity index (χ2n) is 10.9. The molecule has 1 atom stereocenters. The molecule has 9 heteroatoms. The van der Waals surface area contributed by atoms with Crippen molar-refractivity contribution in [3.8, 4) is 22.7 Å². The molecule has 0 N–H and O–H groups in total. The molecule has 0 radical (unpaired) electrons. The summed E-state index contributed by atoms with van der Waals surface area (Å²) in [4.78, 5) is 32.9. The van der Waals surface area contributed by atoms with Crippen LogP contribution in [-0.2, 0) is 9.53 Å². The number of hydrogen-bond acceptors (Lipinski definition) is 7. The van der Waals surface area contributed by atoms with Gasteiger partial charge in [-0.2, -0.15) is 5.10 Å². The molecule has 0 bridgehead atoms. The Kier molecular flexibility index (Phi) is 7.88. The Morgan fingerprint density at radius 3 is 2.34 bits per heavy atom. The van der Waals surface area contributed by atoms with Crippen molar-refractivity contribution < 1.29 is 14.3 Å². The molecule has 0 aliphatic carbocycles. The van der Waals surface area contributed by atoms with Gasteiger partial charge in [-0.05, 0) is 63.6 Å². The van der Waals surface area contributed by atoms with Crippen molar-refractivity contribution >= 4 is 23.4 Å². The standard InChI is InChI=1S/C35H32N4O4S/c1-21(2)43-34(41)30-23(4)36-35-39(32(30)25-15-17-28(42-5)18-16-25)33(40)29(44-35)19-26-20-38(27-9-7-6-8-10-27)37-31(26)24-13-11-22(3)12-14-24/h6-21,32H,1-5H3/b29-19-/t32-/m1/s1. The molecule has 1 aliphatic rings. The van der Waals surface area contributed by atoms with Crippen LogP contribution in [-0.4, -0.2) is 33.5 Å². The number of thiazole rings is 1. The fourth-order valence-corrected chi connectivity index (χ4v) is 6.28. The van der Waals surface area contributed by atoms with E-state index in [-0.39, 0.29) is 11.7 Å². The molecule has 44 heavy (non-hydrogen) atoms. The number of para-hydroxylation sites is 1. The molecule has 0 saturated carbocycles. The summed E-state index contributed by atoms with van der Waals surface area (Å²) in [6, 6.07) is 24.7. The largest absolute Gasteiger partial charge is 0.497 e. The zero-order valence-electron chi connectivity index (χ0n) is 25.1. The molecule has 0 spiro atoms. The molecule has 222 valence electrons. The monoisotopic (exact) mass is 604 g/mol. The second-order valence-corrected chi connectivity index (χ2v) is 11.9. The van der Waals surface area contributed by atoms with E-state index in [9.17, 15) is 9.59 Å². The highest BCUT2D eigenvalue weighted by atomic mass is 32.1. The summed E-state index contributed by atoms with van der Waals surface area (Å²) in [5, 5.41) is 4.92. The van der Waals surface area contributed by atoms with Gasteiger partial charge in [0.05, 0.1) is 46.4 Å². The molecule has 6 rings (SSSR count). The minimum absolute atomic E-state index is 0.251. The third-order valence-electron chi connectivity index (χ3n) is 7.39. The SMILES string of the molecule is COc1ccc([C@@H]2C(C(=O)OC(C)C)=C(C)N=c3s/c(=C\c4cn(-c5ccccc5)nc4-c4ccc(C)cc4)c(=O)n32)cc1. The molecule has 8 nitrogen and oxygen atoms in total. The molecule has 0 fully saturated rings. The number of carbonyl (C=O) groups is 1. The molecule has 5 aromatic rings. The number of ether oxygens (including phenoxy) is 2. The van der Waals surface area contributed by atoms with Crippen LogP contribution in [0.25, 0.3) is 23.0 Å². The number of fused-ring (bicyclic) bond motifs is 1. The average Bonchev–Trinajstić information content (AvgIpc) is 3.57. The van der Waals surface area contributed by atoms with Crippen molar-refractivity contribution in [3.63, 3.8) is 0 Å². The van der Waals surface area contributed by atoms with Crippen LogP contribution in [0.4, 0.5) is 0 Å². The van der Waals surface area contributed by atoms with Crippen molar-refractivity contribution in [1.82, 2.24) is 14.3 Å². The number of nitrogens with zero attached hydrogens (tertiary/aromatic N) is 4. The van der Waals surface area contributed by atoms with Gasteiger partial charge in [0, 0.05) is 17.3 Å². The molecular weight excluding hydrogens is 572 g/mol. The summed E-state index contributed by atoms with van der Waals surface area (Å²) in [6.07, 6.45) is 3.47. The number of rotatable bonds is 7. The first kappa shape index (κ1) is 29.1. The molecule has 0 unspecified atom stereocenters. The number of carbonyl (C=O) groups excluding carboxylic acids is 1. The summed E-state index contributed by atoms with van der Waals surface area (Å²) < 4.78 is 14.9. The summed E-state index contributed by atoms with van der Waals surface area (Å²) in [5.74, 6) is 0.175. The molecule has 2 aromatic heterocycles. The fraction of sp³-hybridized carbons (Fsp3) is 0.200. The number of hydrogen-bond donors (Lipinski definition) is 0. The highest BCUT2D eigenvalue weighted by molar-refractivity contribution is 7.07. The highest BCUT2D eigenvalue weighted by Gasteiger charge is 2.34. The second kappa shape index (κ2) is 11.9. The van der Waals surface area contributed by atoms with E-state index in [0.717, 1.165) is 33.6 Å². The van der Waals surface area contributed by atoms with E-state index in [2.05, 4.69) is 0 Å².